The molecule has 0 amide bonds. The van der Waals surface area contributed by atoms with Crippen molar-refractivity contribution in [2.24, 2.45) is 0 Å². The third-order valence-corrected chi connectivity index (χ3v) is 7.83. The van der Waals surface area contributed by atoms with Gasteiger partial charge in [0.25, 0.3) is 0 Å². The van der Waals surface area contributed by atoms with Gasteiger partial charge in [0.05, 0.1) is 17.8 Å². The molecule has 2 heterocycles. The molecule has 3 aromatic rings. The van der Waals surface area contributed by atoms with Crippen LogP contribution in [0.4, 0.5) is 4.39 Å². The van der Waals surface area contributed by atoms with Crippen molar-refractivity contribution in [1.82, 2.24) is 14.5 Å². The fraction of sp³-hybridized carbons (Fsp3) is 0.348. The summed E-state index contributed by atoms with van der Waals surface area (Å²) >= 11 is 12.7. The van der Waals surface area contributed by atoms with Crippen LogP contribution in [0.15, 0.2) is 47.9 Å². The van der Waals surface area contributed by atoms with Gasteiger partial charge in [0.2, 0.25) is 15.0 Å². The minimum absolute atomic E-state index is 0.0171. The smallest absolute Gasteiger partial charge is 0.231 e. The predicted molar refractivity (Wildman–Crippen MR) is 126 cm³/mol. The van der Waals surface area contributed by atoms with Gasteiger partial charge in [-0.3, -0.25) is 9.47 Å². The van der Waals surface area contributed by atoms with E-state index in [9.17, 15) is 13.5 Å². The average Bonchev–Trinajstić information content (AvgIpc) is 3.48. The summed E-state index contributed by atoms with van der Waals surface area (Å²) in [5, 5.41) is 10.9. The van der Waals surface area contributed by atoms with Crippen LogP contribution in [-0.4, -0.2) is 59.5 Å². The van der Waals surface area contributed by atoms with E-state index in [-0.39, 0.29) is 16.9 Å². The van der Waals surface area contributed by atoms with Crippen molar-refractivity contribution in [1.29, 1.82) is 0 Å². The molecule has 0 spiro atoms. The molecule has 0 bridgehead atoms. The normalized spacial score (nSPS) is 22.8. The zero-order valence-electron chi connectivity index (χ0n) is 18.2. The first kappa shape index (κ1) is 23.6. The Labute approximate surface area is 206 Å². The Kier molecular flexibility index (Phi) is 6.10. The summed E-state index contributed by atoms with van der Waals surface area (Å²) in [6.45, 7) is 1.20. The molecule has 3 atom stereocenters. The van der Waals surface area contributed by atoms with E-state index in [1.54, 1.807) is 18.2 Å². The number of benzene rings is 2. The van der Waals surface area contributed by atoms with Crippen molar-refractivity contribution in [3.8, 4) is 11.4 Å². The first-order chi connectivity index (χ1) is 16.1. The lowest BCUT2D eigenvalue weighted by Crippen LogP contribution is -2.39. The number of sulfone groups is 1. The fourth-order valence-corrected chi connectivity index (χ4v) is 6.14. The van der Waals surface area contributed by atoms with E-state index in [4.69, 9.17) is 27.9 Å². The van der Waals surface area contributed by atoms with E-state index in [0.29, 0.717) is 41.7 Å². The molecule has 11 heteroatoms. The van der Waals surface area contributed by atoms with Gasteiger partial charge in [0.1, 0.15) is 6.10 Å². The number of nitrogens with zero attached hydrogens (tertiary/aromatic N) is 3. The third kappa shape index (κ3) is 4.31. The van der Waals surface area contributed by atoms with Gasteiger partial charge in [-0.05, 0) is 42.7 Å². The van der Waals surface area contributed by atoms with E-state index in [0.717, 1.165) is 17.4 Å². The monoisotopic (exact) mass is 525 g/mol. The molecule has 5 rings (SSSR count). The van der Waals surface area contributed by atoms with Gasteiger partial charge in [-0.15, -0.1) is 0 Å². The highest BCUT2D eigenvalue weighted by Gasteiger charge is 2.42. The molecule has 1 fully saturated rings. The zero-order chi connectivity index (χ0) is 24.2. The summed E-state index contributed by atoms with van der Waals surface area (Å²) < 4.78 is 46.7. The Morgan fingerprint density at radius 2 is 2.03 bits per heavy atom. The Hall–Kier alpha value is -2.17. The maximum atomic E-state index is 15.2. The van der Waals surface area contributed by atoms with Crippen molar-refractivity contribution in [3.05, 3.63) is 69.7 Å². The molecular formula is C23H22Cl2FN3O4S. The molecular weight excluding hydrogens is 504 g/mol. The third-order valence-electron chi connectivity index (χ3n) is 6.31. The second-order valence-electron chi connectivity index (χ2n) is 8.67. The van der Waals surface area contributed by atoms with E-state index in [1.165, 1.54) is 29.1 Å². The summed E-state index contributed by atoms with van der Waals surface area (Å²) in [5.74, 6) is -0.629. The van der Waals surface area contributed by atoms with Crippen LogP contribution < -0.4 is 4.74 Å². The number of hydrogen-bond acceptors (Lipinski definition) is 6. The van der Waals surface area contributed by atoms with Crippen molar-refractivity contribution in [3.63, 3.8) is 0 Å². The standard InChI is InChI=1S/C23H22Cl2FN3O4S/c1-34(31,32)23-27-5-7-29(23)14-2-3-21(19(26)10-14)33-22-17-8-13(24)9-18(25)16(17)11-20(22)28-6-4-15(30)12-28/h2-3,5,7-10,15,20,22,30H,4,6,11-12H2,1H3/t15-,20+,22-/m1/s1. The van der Waals surface area contributed by atoms with Crippen molar-refractivity contribution < 1.29 is 22.7 Å². The van der Waals surface area contributed by atoms with Crippen LogP contribution in [0.3, 0.4) is 0 Å². The van der Waals surface area contributed by atoms with E-state index >= 15 is 4.39 Å². The molecule has 180 valence electrons. The van der Waals surface area contributed by atoms with Crippen LogP contribution in [0, 0.1) is 5.82 Å². The second kappa shape index (κ2) is 8.80. The molecule has 1 aliphatic carbocycles. The number of halogens is 3. The summed E-state index contributed by atoms with van der Waals surface area (Å²) in [6, 6.07) is 7.57. The highest BCUT2D eigenvalue weighted by atomic mass is 35.5. The number of aliphatic hydroxyl groups excluding tert-OH is 1. The molecule has 1 aromatic heterocycles. The molecule has 34 heavy (non-hydrogen) atoms. The lowest BCUT2D eigenvalue weighted by Gasteiger charge is -2.30. The molecule has 1 N–H and O–H groups in total. The van der Waals surface area contributed by atoms with E-state index in [2.05, 4.69) is 9.88 Å². The van der Waals surface area contributed by atoms with Crippen LogP contribution in [0.5, 0.6) is 5.75 Å². The number of aliphatic hydroxyl groups is 1. The number of ether oxygens (including phenoxy) is 1. The Morgan fingerprint density at radius 1 is 1.24 bits per heavy atom. The minimum atomic E-state index is -3.60. The van der Waals surface area contributed by atoms with E-state index in [1.807, 2.05) is 0 Å². The molecule has 0 saturated carbocycles. The van der Waals surface area contributed by atoms with Crippen LogP contribution in [0.2, 0.25) is 10.0 Å². The summed E-state index contributed by atoms with van der Waals surface area (Å²) in [7, 11) is -3.60. The van der Waals surface area contributed by atoms with Crippen LogP contribution >= 0.6 is 23.2 Å². The summed E-state index contributed by atoms with van der Waals surface area (Å²) in [5.41, 5.74) is 2.00. The lowest BCUT2D eigenvalue weighted by molar-refractivity contribution is 0.0790. The molecule has 0 radical (unpaired) electrons. The van der Waals surface area contributed by atoms with Crippen LogP contribution in [0.1, 0.15) is 23.7 Å². The number of fused-ring (bicyclic) bond motifs is 1. The summed E-state index contributed by atoms with van der Waals surface area (Å²) in [4.78, 5) is 6.01. The molecule has 1 saturated heterocycles. The number of likely N-dealkylation sites (tertiary alicyclic amines) is 1. The highest BCUT2D eigenvalue weighted by molar-refractivity contribution is 7.90. The Morgan fingerprint density at radius 3 is 2.71 bits per heavy atom. The van der Waals surface area contributed by atoms with E-state index < -0.39 is 27.9 Å². The van der Waals surface area contributed by atoms with Gasteiger partial charge in [-0.2, -0.15) is 0 Å². The Bertz CT molecular complexity index is 1360. The average molecular weight is 526 g/mol. The number of imidazole rings is 1. The van der Waals surface area contributed by atoms with Gasteiger partial charge in [-0.25, -0.2) is 17.8 Å². The Balaban J connectivity index is 1.49. The van der Waals surface area contributed by atoms with Crippen molar-refractivity contribution in [2.45, 2.75) is 36.2 Å². The molecule has 2 aliphatic rings. The largest absolute Gasteiger partial charge is 0.481 e. The molecule has 1 aliphatic heterocycles. The fourth-order valence-electron chi connectivity index (χ4n) is 4.78. The topological polar surface area (TPSA) is 84.7 Å². The first-order valence-corrected chi connectivity index (χ1v) is 13.4. The van der Waals surface area contributed by atoms with Crippen molar-refractivity contribution in [2.75, 3.05) is 19.3 Å². The quantitative estimate of drug-likeness (QED) is 0.544. The number of aromatic nitrogens is 2. The number of rotatable bonds is 5. The maximum Gasteiger partial charge on any atom is 0.231 e. The number of β-amino-alcohol motifs (C(OH)–C–C–N with tert-alkyl or cyclic N) is 1. The SMILES string of the molecule is CS(=O)(=O)c1nccn1-c1ccc(O[C@@H]2c3cc(Cl)cc(Cl)c3C[C@@H]2N2CC[C@@H](O)C2)c(F)c1. The summed E-state index contributed by atoms with van der Waals surface area (Å²) in [6.07, 6.45) is 4.13. The van der Waals surface area contributed by atoms with Gasteiger partial charge in [0, 0.05) is 53.4 Å². The van der Waals surface area contributed by atoms with Gasteiger partial charge in [-0.1, -0.05) is 23.2 Å². The van der Waals surface area contributed by atoms with Crippen LogP contribution in [-0.2, 0) is 16.3 Å². The molecule has 7 nitrogen and oxygen atoms in total. The molecule has 0 unspecified atom stereocenters. The first-order valence-electron chi connectivity index (χ1n) is 10.7. The number of hydrogen-bond donors (Lipinski definition) is 1. The van der Waals surface area contributed by atoms with Gasteiger partial charge < -0.3 is 9.84 Å². The highest BCUT2D eigenvalue weighted by Crippen LogP contribution is 2.43. The zero-order valence-corrected chi connectivity index (χ0v) is 20.5. The lowest BCUT2D eigenvalue weighted by atomic mass is 10.1. The maximum absolute atomic E-state index is 15.2. The van der Waals surface area contributed by atoms with Gasteiger partial charge >= 0.3 is 0 Å². The molecule has 2 aromatic carbocycles. The van der Waals surface area contributed by atoms with Crippen LogP contribution in [0.25, 0.3) is 5.69 Å². The van der Waals surface area contributed by atoms with Gasteiger partial charge in [0.15, 0.2) is 11.6 Å². The van der Waals surface area contributed by atoms with Crippen molar-refractivity contribution >= 4 is 33.0 Å². The second-order valence-corrected chi connectivity index (χ2v) is 11.4. The predicted octanol–water partition coefficient (Wildman–Crippen LogP) is 3.83. The minimum Gasteiger partial charge on any atom is -0.481 e.